The van der Waals surface area contributed by atoms with E-state index in [9.17, 15) is 4.79 Å². The van der Waals surface area contributed by atoms with Crippen LogP contribution in [0.15, 0.2) is 12.2 Å². The minimum atomic E-state index is 0.536. The number of allylic oxidation sites excluding steroid dienone is 1. The molecule has 0 amide bonds. The Morgan fingerprint density at radius 1 is 1.75 bits per heavy atom. The first-order valence-electron chi connectivity index (χ1n) is 2.91. The molecule has 0 heterocycles. The fourth-order valence-corrected chi connectivity index (χ4v) is 0.573. The van der Waals surface area contributed by atoms with E-state index in [0.717, 1.165) is 24.7 Å². The van der Waals surface area contributed by atoms with E-state index in [2.05, 4.69) is 13.5 Å². The van der Waals surface area contributed by atoms with Gasteiger partial charge in [-0.15, -0.1) is 0 Å². The number of hydrogen-bond acceptors (Lipinski definition) is 1. The van der Waals surface area contributed by atoms with Crippen LogP contribution in [0.25, 0.3) is 0 Å². The highest BCUT2D eigenvalue weighted by atomic mass is 16.1. The Balaban J connectivity index is 3.18. The second-order valence-corrected chi connectivity index (χ2v) is 1.87. The summed E-state index contributed by atoms with van der Waals surface area (Å²) in [6.45, 7) is 5.78. The average molecular weight is 112 g/mol. The van der Waals surface area contributed by atoms with Crippen molar-refractivity contribution in [2.24, 2.45) is 0 Å². The molecule has 0 radical (unpaired) electrons. The van der Waals surface area contributed by atoms with Gasteiger partial charge in [0.1, 0.15) is 6.29 Å². The molecule has 0 rings (SSSR count). The van der Waals surface area contributed by atoms with E-state index in [4.69, 9.17) is 0 Å². The summed E-state index contributed by atoms with van der Waals surface area (Å²) in [6, 6.07) is 0. The maximum atomic E-state index is 9.83. The third-order valence-electron chi connectivity index (χ3n) is 0.976. The third kappa shape index (κ3) is 3.59. The molecule has 0 aromatic carbocycles. The van der Waals surface area contributed by atoms with Gasteiger partial charge in [0.25, 0.3) is 0 Å². The Labute approximate surface area is 50.4 Å². The van der Waals surface area contributed by atoms with Crippen LogP contribution in [0.4, 0.5) is 0 Å². The van der Waals surface area contributed by atoms with Crippen molar-refractivity contribution in [2.75, 3.05) is 0 Å². The van der Waals surface area contributed by atoms with Crippen molar-refractivity contribution in [3.8, 4) is 0 Å². The van der Waals surface area contributed by atoms with E-state index in [-0.39, 0.29) is 0 Å². The molecule has 0 saturated heterocycles. The molecular formula is C7H12O. The average Bonchev–Trinajstić information content (AvgIpc) is 1.68. The predicted molar refractivity (Wildman–Crippen MR) is 34.7 cm³/mol. The molecule has 0 spiro atoms. The van der Waals surface area contributed by atoms with Gasteiger partial charge in [0.2, 0.25) is 0 Å². The van der Waals surface area contributed by atoms with E-state index >= 15 is 0 Å². The van der Waals surface area contributed by atoms with E-state index in [1.165, 1.54) is 0 Å². The largest absolute Gasteiger partial charge is 0.303 e. The number of hydrogen-bond donors (Lipinski definition) is 0. The zero-order valence-corrected chi connectivity index (χ0v) is 5.31. The summed E-state index contributed by atoms with van der Waals surface area (Å²) < 4.78 is 0. The summed E-state index contributed by atoms with van der Waals surface area (Å²) in [5.74, 6) is 0. The Morgan fingerprint density at radius 2 is 2.38 bits per heavy atom. The molecule has 0 fully saturated rings. The zero-order chi connectivity index (χ0) is 6.41. The Morgan fingerprint density at radius 3 is 2.75 bits per heavy atom. The topological polar surface area (TPSA) is 17.1 Å². The summed E-state index contributed by atoms with van der Waals surface area (Å²) in [5, 5.41) is 0. The molecule has 0 aromatic heterocycles. The lowest BCUT2D eigenvalue weighted by atomic mass is 10.1. The molecule has 0 aliphatic carbocycles. The highest BCUT2D eigenvalue weighted by Crippen LogP contribution is 2.03. The lowest BCUT2D eigenvalue weighted by Gasteiger charge is -1.93. The van der Waals surface area contributed by atoms with Crippen LogP contribution in [-0.4, -0.2) is 6.29 Å². The molecule has 1 heteroatoms. The monoisotopic (exact) mass is 112 g/mol. The van der Waals surface area contributed by atoms with Crippen molar-refractivity contribution >= 4 is 6.29 Å². The van der Waals surface area contributed by atoms with Gasteiger partial charge in [-0.2, -0.15) is 0 Å². The number of carbonyl (C=O) groups excluding carboxylic acids is 1. The van der Waals surface area contributed by atoms with Crippen molar-refractivity contribution in [2.45, 2.75) is 26.2 Å². The molecule has 8 heavy (non-hydrogen) atoms. The van der Waals surface area contributed by atoms with Crippen LogP contribution in [0.2, 0.25) is 0 Å². The van der Waals surface area contributed by atoms with Crippen LogP contribution in [0.1, 0.15) is 26.2 Å². The van der Waals surface area contributed by atoms with Gasteiger partial charge in [-0.05, 0) is 6.42 Å². The molecule has 0 atom stereocenters. The van der Waals surface area contributed by atoms with Gasteiger partial charge in [-0.3, -0.25) is 0 Å². The summed E-state index contributed by atoms with van der Waals surface area (Å²) in [5.41, 5.74) is 1.04. The first kappa shape index (κ1) is 7.41. The highest BCUT2D eigenvalue weighted by molar-refractivity contribution is 5.53. The molecule has 0 N–H and O–H groups in total. The third-order valence-corrected chi connectivity index (χ3v) is 0.976. The van der Waals surface area contributed by atoms with Gasteiger partial charge >= 0.3 is 0 Å². The first-order chi connectivity index (χ1) is 3.81. The van der Waals surface area contributed by atoms with Crippen LogP contribution in [0.3, 0.4) is 0 Å². The van der Waals surface area contributed by atoms with Crippen molar-refractivity contribution in [3.05, 3.63) is 12.2 Å². The quantitative estimate of drug-likeness (QED) is 0.401. The van der Waals surface area contributed by atoms with Crippen LogP contribution in [0, 0.1) is 0 Å². The Hall–Kier alpha value is -0.590. The molecular weight excluding hydrogens is 100 g/mol. The van der Waals surface area contributed by atoms with E-state index in [0.29, 0.717) is 6.42 Å². The molecule has 46 valence electrons. The number of aldehydes is 1. The summed E-state index contributed by atoms with van der Waals surface area (Å²) in [7, 11) is 0. The molecule has 0 saturated carbocycles. The maximum Gasteiger partial charge on any atom is 0.124 e. The predicted octanol–water partition coefficient (Wildman–Crippen LogP) is 1.93. The maximum absolute atomic E-state index is 9.83. The van der Waals surface area contributed by atoms with E-state index in [1.54, 1.807) is 0 Å². The van der Waals surface area contributed by atoms with Crippen LogP contribution in [0.5, 0.6) is 0 Å². The Kier molecular flexibility index (Phi) is 4.23. The second-order valence-electron chi connectivity index (χ2n) is 1.87. The molecule has 1 nitrogen and oxygen atoms in total. The van der Waals surface area contributed by atoms with E-state index < -0.39 is 0 Å². The Bertz CT molecular complexity index is 84.4. The van der Waals surface area contributed by atoms with Crippen LogP contribution >= 0.6 is 0 Å². The first-order valence-corrected chi connectivity index (χ1v) is 2.91. The SMILES string of the molecule is C=C(CC=O)CCC. The lowest BCUT2D eigenvalue weighted by molar-refractivity contribution is -0.107. The number of rotatable bonds is 4. The fourth-order valence-electron chi connectivity index (χ4n) is 0.573. The summed E-state index contributed by atoms with van der Waals surface area (Å²) in [6.07, 6.45) is 3.51. The minimum absolute atomic E-state index is 0.536. The molecule has 0 aliphatic rings. The van der Waals surface area contributed by atoms with Gasteiger partial charge in [0.05, 0.1) is 0 Å². The lowest BCUT2D eigenvalue weighted by Crippen LogP contribution is -1.80. The van der Waals surface area contributed by atoms with Crippen LogP contribution < -0.4 is 0 Å². The highest BCUT2D eigenvalue weighted by Gasteiger charge is 1.87. The second kappa shape index (κ2) is 4.57. The molecule has 0 unspecified atom stereocenters. The van der Waals surface area contributed by atoms with Gasteiger partial charge in [0.15, 0.2) is 0 Å². The van der Waals surface area contributed by atoms with Crippen molar-refractivity contribution in [3.63, 3.8) is 0 Å². The molecule has 0 aliphatic heterocycles. The standard InChI is InChI=1S/C7H12O/c1-3-4-7(2)5-6-8/h6H,2-5H2,1H3. The normalized spacial score (nSPS) is 8.62. The van der Waals surface area contributed by atoms with Gasteiger partial charge in [0, 0.05) is 6.42 Å². The fraction of sp³-hybridized carbons (Fsp3) is 0.571. The van der Waals surface area contributed by atoms with Crippen molar-refractivity contribution < 1.29 is 4.79 Å². The van der Waals surface area contributed by atoms with Crippen molar-refractivity contribution in [1.29, 1.82) is 0 Å². The number of carbonyl (C=O) groups is 1. The van der Waals surface area contributed by atoms with Crippen molar-refractivity contribution in [1.82, 2.24) is 0 Å². The zero-order valence-electron chi connectivity index (χ0n) is 5.31. The van der Waals surface area contributed by atoms with Gasteiger partial charge < -0.3 is 4.79 Å². The molecule has 0 bridgehead atoms. The van der Waals surface area contributed by atoms with Gasteiger partial charge in [-0.25, -0.2) is 0 Å². The summed E-state index contributed by atoms with van der Waals surface area (Å²) in [4.78, 5) is 9.83. The van der Waals surface area contributed by atoms with Gasteiger partial charge in [-0.1, -0.05) is 25.5 Å². The minimum Gasteiger partial charge on any atom is -0.303 e. The van der Waals surface area contributed by atoms with Crippen LogP contribution in [-0.2, 0) is 4.79 Å². The van der Waals surface area contributed by atoms with E-state index in [1.807, 2.05) is 0 Å². The summed E-state index contributed by atoms with van der Waals surface area (Å²) >= 11 is 0. The molecule has 0 aromatic rings. The smallest absolute Gasteiger partial charge is 0.124 e.